The number of carbonyl (C=O) groups excluding carboxylic acids is 1. The molecule has 1 aliphatic rings. The van der Waals surface area contributed by atoms with Gasteiger partial charge in [0.15, 0.2) is 0 Å². The highest BCUT2D eigenvalue weighted by Gasteiger charge is 2.12. The van der Waals surface area contributed by atoms with E-state index in [1.807, 2.05) is 6.08 Å². The van der Waals surface area contributed by atoms with Gasteiger partial charge >= 0.3 is 6.09 Å². The summed E-state index contributed by atoms with van der Waals surface area (Å²) in [6.07, 6.45) is 4.34. The third-order valence-corrected chi connectivity index (χ3v) is 1.35. The summed E-state index contributed by atoms with van der Waals surface area (Å²) in [6.45, 7) is 0. The van der Waals surface area contributed by atoms with E-state index in [1.54, 1.807) is 6.08 Å². The second-order valence-electron chi connectivity index (χ2n) is 2.12. The first kappa shape index (κ1) is 7.63. The van der Waals surface area contributed by atoms with E-state index in [0.717, 1.165) is 12.8 Å². The molecule has 0 aromatic heterocycles. The molecule has 1 atom stereocenters. The van der Waals surface area contributed by atoms with Crippen molar-refractivity contribution in [3.63, 3.8) is 0 Å². The summed E-state index contributed by atoms with van der Waals surface area (Å²) in [6, 6.07) is 0. The number of hydrogen-bond acceptors (Lipinski definition) is 2. The number of rotatable bonds is 1. The Kier molecular flexibility index (Phi) is 2.52. The molecule has 0 radical (unpaired) electrons. The second-order valence-corrected chi connectivity index (χ2v) is 2.12. The maximum absolute atomic E-state index is 10.5. The van der Waals surface area contributed by atoms with Gasteiger partial charge in [0.25, 0.3) is 0 Å². The van der Waals surface area contributed by atoms with Crippen molar-refractivity contribution >= 4 is 6.09 Å². The molecule has 1 aliphatic carbocycles. The van der Waals surface area contributed by atoms with Gasteiger partial charge in [0.2, 0.25) is 0 Å². The van der Waals surface area contributed by atoms with Gasteiger partial charge in [-0.05, 0) is 24.4 Å². The lowest BCUT2D eigenvalue weighted by Gasteiger charge is -2.05. The van der Waals surface area contributed by atoms with Crippen LogP contribution in [0, 0.1) is 0 Å². The lowest BCUT2D eigenvalue weighted by molar-refractivity contribution is 0.129. The molecule has 0 spiro atoms. The van der Waals surface area contributed by atoms with Gasteiger partial charge in [0.1, 0.15) is 6.10 Å². The summed E-state index contributed by atoms with van der Waals surface area (Å²) < 4.78 is 4.71. The normalized spacial score (nSPS) is 20.9. The minimum absolute atomic E-state index is 0.201. The van der Waals surface area contributed by atoms with Crippen LogP contribution in [-0.2, 0) is 4.74 Å². The molecule has 0 aromatic carbocycles. The van der Waals surface area contributed by atoms with E-state index in [-0.39, 0.29) is 6.10 Å². The zero-order valence-corrected chi connectivity index (χ0v) is 5.80. The second kappa shape index (κ2) is 3.63. The maximum atomic E-state index is 10.5. The summed E-state index contributed by atoms with van der Waals surface area (Å²) in [5.41, 5.74) is 7.85. The number of allylic oxidation sites excluding steroid dienone is 1. The van der Waals surface area contributed by atoms with Crippen molar-refractivity contribution in [2.45, 2.75) is 18.9 Å². The predicted octanol–water partition coefficient (Wildman–Crippen LogP) is 2.15. The van der Waals surface area contributed by atoms with E-state index in [2.05, 4.69) is 10.0 Å². The van der Waals surface area contributed by atoms with E-state index < -0.39 is 6.09 Å². The lowest BCUT2D eigenvalue weighted by Crippen LogP contribution is -2.09. The number of ether oxygens (including phenoxy) is 1. The largest absolute Gasteiger partial charge is 0.453 e. The van der Waals surface area contributed by atoms with Crippen molar-refractivity contribution in [3.8, 4) is 0 Å². The standard InChI is InChI=1S/C6H7N3O2/c7-9-8-6(10)11-5-3-1-2-4-5/h1,3,5H,2,4H2. The van der Waals surface area contributed by atoms with Crippen LogP contribution >= 0.6 is 0 Å². The van der Waals surface area contributed by atoms with Crippen LogP contribution < -0.4 is 0 Å². The van der Waals surface area contributed by atoms with Crippen molar-refractivity contribution in [2.24, 2.45) is 5.11 Å². The van der Waals surface area contributed by atoms with Gasteiger partial charge in [-0.25, -0.2) is 4.79 Å². The molecule has 0 aromatic rings. The predicted molar refractivity (Wildman–Crippen MR) is 37.8 cm³/mol. The SMILES string of the molecule is [N-]=[N+]=NC(=O)OC1C=CCC1. The molecule has 11 heavy (non-hydrogen) atoms. The summed E-state index contributed by atoms with van der Waals surface area (Å²) in [5, 5.41) is 2.77. The first-order valence-electron chi connectivity index (χ1n) is 3.25. The fourth-order valence-corrected chi connectivity index (χ4v) is 0.893. The zero-order valence-electron chi connectivity index (χ0n) is 5.80. The highest BCUT2D eigenvalue weighted by Crippen LogP contribution is 2.13. The van der Waals surface area contributed by atoms with Crippen LogP contribution in [-0.4, -0.2) is 12.2 Å². The monoisotopic (exact) mass is 153 g/mol. The molecule has 0 heterocycles. The smallest absolute Gasteiger partial charge is 0.397 e. The highest BCUT2D eigenvalue weighted by atomic mass is 16.6. The molecule has 0 N–H and O–H groups in total. The van der Waals surface area contributed by atoms with E-state index in [0.29, 0.717) is 0 Å². The van der Waals surface area contributed by atoms with E-state index in [1.165, 1.54) is 0 Å². The Hall–Kier alpha value is -1.48. The third kappa shape index (κ3) is 2.31. The summed E-state index contributed by atoms with van der Waals surface area (Å²) in [5.74, 6) is 0. The summed E-state index contributed by atoms with van der Waals surface area (Å²) >= 11 is 0. The molecule has 5 nitrogen and oxygen atoms in total. The Morgan fingerprint density at radius 3 is 3.18 bits per heavy atom. The van der Waals surface area contributed by atoms with Gasteiger partial charge in [0.05, 0.1) is 0 Å². The Bertz CT molecular complexity index is 230. The van der Waals surface area contributed by atoms with Crippen molar-refractivity contribution in [1.82, 2.24) is 0 Å². The van der Waals surface area contributed by atoms with Crippen LogP contribution in [0.2, 0.25) is 0 Å². The first-order valence-corrected chi connectivity index (χ1v) is 3.25. The topological polar surface area (TPSA) is 75.1 Å². The Labute approximate surface area is 63.3 Å². The summed E-state index contributed by atoms with van der Waals surface area (Å²) in [7, 11) is 0. The van der Waals surface area contributed by atoms with Crippen molar-refractivity contribution in [3.05, 3.63) is 22.6 Å². The molecule has 0 saturated heterocycles. The molecule has 1 amide bonds. The van der Waals surface area contributed by atoms with Crippen LogP contribution in [0.3, 0.4) is 0 Å². The van der Waals surface area contributed by atoms with Gasteiger partial charge in [-0.3, -0.25) is 0 Å². The number of amides is 1. The lowest BCUT2D eigenvalue weighted by atomic mass is 10.3. The van der Waals surface area contributed by atoms with Gasteiger partial charge in [-0.1, -0.05) is 6.08 Å². The van der Waals surface area contributed by atoms with Crippen LogP contribution in [0.15, 0.2) is 17.3 Å². The molecule has 58 valence electrons. The van der Waals surface area contributed by atoms with Crippen LogP contribution in [0.4, 0.5) is 4.79 Å². The van der Waals surface area contributed by atoms with E-state index in [4.69, 9.17) is 10.3 Å². The minimum atomic E-state index is -0.857. The zero-order chi connectivity index (χ0) is 8.10. The fourth-order valence-electron chi connectivity index (χ4n) is 0.893. The molecule has 0 saturated carbocycles. The fraction of sp³-hybridized carbons (Fsp3) is 0.500. The van der Waals surface area contributed by atoms with Gasteiger partial charge < -0.3 is 4.74 Å². The Morgan fingerprint density at radius 2 is 2.64 bits per heavy atom. The number of nitrogens with zero attached hydrogens (tertiary/aromatic N) is 3. The van der Waals surface area contributed by atoms with Crippen molar-refractivity contribution < 1.29 is 9.53 Å². The van der Waals surface area contributed by atoms with Gasteiger partial charge in [-0.15, -0.1) is 0 Å². The maximum Gasteiger partial charge on any atom is 0.397 e. The number of azide groups is 1. The van der Waals surface area contributed by atoms with Gasteiger partial charge in [-0.2, -0.15) is 0 Å². The van der Waals surface area contributed by atoms with Crippen LogP contribution in [0.5, 0.6) is 0 Å². The Balaban J connectivity index is 2.35. The Morgan fingerprint density at radius 1 is 1.82 bits per heavy atom. The molecule has 5 heteroatoms. The number of carbonyl (C=O) groups is 1. The average Bonchev–Trinajstić information content (AvgIpc) is 2.40. The summed E-state index contributed by atoms with van der Waals surface area (Å²) in [4.78, 5) is 12.8. The van der Waals surface area contributed by atoms with Gasteiger partial charge in [0, 0.05) is 10.0 Å². The van der Waals surface area contributed by atoms with E-state index in [9.17, 15) is 4.79 Å². The molecule has 0 aliphatic heterocycles. The third-order valence-electron chi connectivity index (χ3n) is 1.35. The molecular formula is C6H7N3O2. The molecular weight excluding hydrogens is 146 g/mol. The number of hydrogen-bond donors (Lipinski definition) is 0. The molecule has 1 unspecified atom stereocenters. The molecule has 0 fully saturated rings. The minimum Gasteiger partial charge on any atom is -0.453 e. The van der Waals surface area contributed by atoms with Crippen LogP contribution in [0.25, 0.3) is 10.4 Å². The van der Waals surface area contributed by atoms with Crippen LogP contribution in [0.1, 0.15) is 12.8 Å². The van der Waals surface area contributed by atoms with Crippen molar-refractivity contribution in [2.75, 3.05) is 0 Å². The highest BCUT2D eigenvalue weighted by molar-refractivity contribution is 5.68. The quantitative estimate of drug-likeness (QED) is 0.250. The van der Waals surface area contributed by atoms with Crippen molar-refractivity contribution in [1.29, 1.82) is 0 Å². The first-order chi connectivity index (χ1) is 5.33. The molecule has 1 rings (SSSR count). The molecule has 0 bridgehead atoms. The van der Waals surface area contributed by atoms with E-state index >= 15 is 0 Å². The average molecular weight is 153 g/mol.